The molecule has 0 heterocycles. The number of ether oxygens (including phenoxy) is 2. The van der Waals surface area contributed by atoms with Gasteiger partial charge in [-0.1, -0.05) is 26.3 Å². The van der Waals surface area contributed by atoms with E-state index in [1.807, 2.05) is 12.1 Å². The molecule has 1 aliphatic rings. The maximum Gasteiger partial charge on any atom is 0.161 e. The molecule has 2 N–H and O–H groups in total. The number of aliphatic hydroxyl groups excluding tert-OH is 1. The summed E-state index contributed by atoms with van der Waals surface area (Å²) in [6.45, 7) is 5.82. The quantitative estimate of drug-likeness (QED) is 0.813. The summed E-state index contributed by atoms with van der Waals surface area (Å²) in [7, 11) is 1.64. The van der Waals surface area contributed by atoms with Crippen LogP contribution in [0.2, 0.25) is 0 Å². The van der Waals surface area contributed by atoms with Gasteiger partial charge in [0.15, 0.2) is 11.5 Å². The zero-order chi connectivity index (χ0) is 15.9. The molecule has 1 aliphatic carbocycles. The molecule has 0 aliphatic heterocycles. The Kier molecular flexibility index (Phi) is 6.52. The summed E-state index contributed by atoms with van der Waals surface area (Å²) in [6, 6.07) is 6.57. The predicted octanol–water partition coefficient (Wildman–Crippen LogP) is 2.98. The lowest BCUT2D eigenvalue weighted by Crippen LogP contribution is -2.42. The van der Waals surface area contributed by atoms with E-state index in [1.54, 1.807) is 7.11 Å². The van der Waals surface area contributed by atoms with Crippen molar-refractivity contribution in [3.63, 3.8) is 0 Å². The van der Waals surface area contributed by atoms with Crippen LogP contribution in [0.15, 0.2) is 18.2 Å². The van der Waals surface area contributed by atoms with E-state index in [1.165, 1.54) is 24.8 Å². The molecule has 0 spiro atoms. The average molecular weight is 307 g/mol. The van der Waals surface area contributed by atoms with Crippen LogP contribution < -0.4 is 14.8 Å². The third-order valence-electron chi connectivity index (χ3n) is 4.66. The smallest absolute Gasteiger partial charge is 0.161 e. The highest BCUT2D eigenvalue weighted by Gasteiger charge is 2.26. The van der Waals surface area contributed by atoms with Crippen LogP contribution >= 0.6 is 0 Å². The summed E-state index contributed by atoms with van der Waals surface area (Å²) in [4.78, 5) is 0. The van der Waals surface area contributed by atoms with E-state index < -0.39 is 0 Å². The minimum Gasteiger partial charge on any atom is -0.493 e. The van der Waals surface area contributed by atoms with Crippen molar-refractivity contribution in [2.24, 2.45) is 11.8 Å². The van der Waals surface area contributed by atoms with Gasteiger partial charge in [-0.25, -0.2) is 0 Å². The molecule has 0 saturated heterocycles. The molecule has 0 aromatic heterocycles. The van der Waals surface area contributed by atoms with Crippen molar-refractivity contribution < 1.29 is 14.6 Å². The van der Waals surface area contributed by atoms with Gasteiger partial charge < -0.3 is 19.9 Å². The van der Waals surface area contributed by atoms with Crippen molar-refractivity contribution in [3.8, 4) is 11.5 Å². The number of aliphatic hydroxyl groups is 1. The normalized spacial score (nSPS) is 25.0. The topological polar surface area (TPSA) is 50.7 Å². The van der Waals surface area contributed by atoms with Crippen LogP contribution in [0.1, 0.15) is 38.7 Å². The van der Waals surface area contributed by atoms with Gasteiger partial charge in [0, 0.05) is 12.6 Å². The Morgan fingerprint density at radius 1 is 1.18 bits per heavy atom. The van der Waals surface area contributed by atoms with E-state index in [0.717, 1.165) is 24.1 Å². The lowest BCUT2D eigenvalue weighted by atomic mass is 9.78. The summed E-state index contributed by atoms with van der Waals surface area (Å²) in [5, 5.41) is 12.6. The summed E-state index contributed by atoms with van der Waals surface area (Å²) >= 11 is 0. The maximum absolute atomic E-state index is 8.85. The molecule has 0 bridgehead atoms. The molecule has 4 heteroatoms. The first-order chi connectivity index (χ1) is 10.7. The average Bonchev–Trinajstić information content (AvgIpc) is 2.52. The van der Waals surface area contributed by atoms with Gasteiger partial charge in [0.1, 0.15) is 6.61 Å². The molecule has 1 fully saturated rings. The molecule has 1 aromatic carbocycles. The van der Waals surface area contributed by atoms with E-state index in [4.69, 9.17) is 14.6 Å². The molecule has 0 radical (unpaired) electrons. The molecular formula is C18H29NO3. The van der Waals surface area contributed by atoms with Crippen LogP contribution in [0.4, 0.5) is 0 Å². The van der Waals surface area contributed by atoms with Gasteiger partial charge in [-0.05, 0) is 42.4 Å². The highest BCUT2D eigenvalue weighted by molar-refractivity contribution is 5.43. The largest absolute Gasteiger partial charge is 0.493 e. The Balaban J connectivity index is 1.97. The van der Waals surface area contributed by atoms with Crippen molar-refractivity contribution in [2.75, 3.05) is 20.3 Å². The van der Waals surface area contributed by atoms with E-state index in [9.17, 15) is 0 Å². The van der Waals surface area contributed by atoms with Crippen molar-refractivity contribution in [2.45, 2.75) is 45.7 Å². The number of hydrogen-bond acceptors (Lipinski definition) is 4. The van der Waals surface area contributed by atoms with Gasteiger partial charge >= 0.3 is 0 Å². The zero-order valence-corrected chi connectivity index (χ0v) is 14.0. The Bertz CT molecular complexity index is 454. The summed E-state index contributed by atoms with van der Waals surface area (Å²) in [6.07, 6.45) is 3.99. The number of rotatable bonds is 7. The van der Waals surface area contributed by atoms with Crippen molar-refractivity contribution in [1.29, 1.82) is 0 Å². The highest BCUT2D eigenvalue weighted by Crippen LogP contribution is 2.30. The number of benzene rings is 1. The van der Waals surface area contributed by atoms with Gasteiger partial charge in [0.05, 0.1) is 13.7 Å². The first-order valence-corrected chi connectivity index (χ1v) is 8.29. The molecule has 2 unspecified atom stereocenters. The van der Waals surface area contributed by atoms with E-state index in [2.05, 4.69) is 25.2 Å². The van der Waals surface area contributed by atoms with Gasteiger partial charge in [-0.15, -0.1) is 0 Å². The Hall–Kier alpha value is -1.26. The third kappa shape index (κ3) is 4.37. The Morgan fingerprint density at radius 3 is 2.55 bits per heavy atom. The molecule has 0 amide bonds. The first kappa shape index (κ1) is 17.1. The summed E-state index contributed by atoms with van der Waals surface area (Å²) in [5.41, 5.74) is 1.19. The summed E-state index contributed by atoms with van der Waals surface area (Å²) < 4.78 is 10.8. The van der Waals surface area contributed by atoms with Gasteiger partial charge in [-0.2, -0.15) is 0 Å². The zero-order valence-electron chi connectivity index (χ0n) is 14.0. The Labute approximate surface area is 133 Å². The lowest BCUT2D eigenvalue weighted by Gasteiger charge is -2.35. The predicted molar refractivity (Wildman–Crippen MR) is 88.4 cm³/mol. The third-order valence-corrected chi connectivity index (χ3v) is 4.66. The fraction of sp³-hybridized carbons (Fsp3) is 0.667. The lowest BCUT2D eigenvalue weighted by molar-refractivity contribution is 0.196. The van der Waals surface area contributed by atoms with E-state index in [-0.39, 0.29) is 13.2 Å². The number of methoxy groups -OCH3 is 1. The van der Waals surface area contributed by atoms with E-state index in [0.29, 0.717) is 11.8 Å². The van der Waals surface area contributed by atoms with Gasteiger partial charge in [0.25, 0.3) is 0 Å². The molecule has 1 aromatic rings. The second-order valence-corrected chi connectivity index (χ2v) is 6.35. The molecule has 2 rings (SSSR count). The minimum absolute atomic E-state index is 0.00389. The van der Waals surface area contributed by atoms with Crippen LogP contribution in [0, 0.1) is 11.8 Å². The molecule has 1 saturated carbocycles. The minimum atomic E-state index is 0.00389. The van der Waals surface area contributed by atoms with E-state index >= 15 is 0 Å². The van der Waals surface area contributed by atoms with Crippen LogP contribution in [0.5, 0.6) is 11.5 Å². The van der Waals surface area contributed by atoms with Crippen molar-refractivity contribution >= 4 is 0 Å². The molecule has 124 valence electrons. The van der Waals surface area contributed by atoms with Gasteiger partial charge in [-0.3, -0.25) is 0 Å². The summed E-state index contributed by atoms with van der Waals surface area (Å²) in [5.74, 6) is 2.87. The monoisotopic (exact) mass is 307 g/mol. The standard InChI is InChI=1S/C18H29NO3/c1-13-5-4-6-14(2)18(13)19-12-15-7-8-16(22-10-9-20)17(11-15)21-3/h7-8,11,13-14,18-20H,4-6,9-10,12H2,1-3H3. The molecule has 2 atom stereocenters. The van der Waals surface area contributed by atoms with Crippen molar-refractivity contribution in [3.05, 3.63) is 23.8 Å². The Morgan fingerprint density at radius 2 is 1.91 bits per heavy atom. The highest BCUT2D eigenvalue weighted by atomic mass is 16.5. The molecule has 22 heavy (non-hydrogen) atoms. The molecule has 4 nitrogen and oxygen atoms in total. The number of nitrogens with one attached hydrogen (secondary N) is 1. The maximum atomic E-state index is 8.85. The SMILES string of the molecule is COc1cc(CNC2C(C)CCCC2C)ccc1OCCO. The first-order valence-electron chi connectivity index (χ1n) is 8.29. The van der Waals surface area contributed by atoms with Crippen molar-refractivity contribution in [1.82, 2.24) is 5.32 Å². The second-order valence-electron chi connectivity index (χ2n) is 6.35. The molecular weight excluding hydrogens is 278 g/mol. The fourth-order valence-electron chi connectivity index (χ4n) is 3.42. The fourth-order valence-corrected chi connectivity index (χ4v) is 3.42. The van der Waals surface area contributed by atoms with Crippen LogP contribution in [0.3, 0.4) is 0 Å². The van der Waals surface area contributed by atoms with Crippen LogP contribution in [0.25, 0.3) is 0 Å². The van der Waals surface area contributed by atoms with Crippen LogP contribution in [-0.2, 0) is 6.54 Å². The number of hydrogen-bond donors (Lipinski definition) is 2. The van der Waals surface area contributed by atoms with Gasteiger partial charge in [0.2, 0.25) is 0 Å². The van der Waals surface area contributed by atoms with Crippen LogP contribution in [-0.4, -0.2) is 31.5 Å². The second kappa shape index (κ2) is 8.39.